The molecule has 0 saturated heterocycles. The normalized spacial score (nSPS) is 11.6. The maximum atomic E-state index is 13.3. The standard InChI is InChI=1S/C20H24N4O3S2/c1-23(2)13-14-24(29(25,26)18-11-9-17(27-3)10-12-18)20-21-19(22-28-20)15-16-7-5-4-6-8-16/h4-12H,13-15H2,1-3H3. The molecule has 0 aliphatic carbocycles. The monoisotopic (exact) mass is 432 g/mol. The van der Waals surface area contributed by atoms with Gasteiger partial charge >= 0.3 is 0 Å². The third-order valence-electron chi connectivity index (χ3n) is 4.27. The predicted octanol–water partition coefficient (Wildman–Crippen LogP) is 2.89. The van der Waals surface area contributed by atoms with Gasteiger partial charge in [-0.3, -0.25) is 0 Å². The van der Waals surface area contributed by atoms with Crippen molar-refractivity contribution in [1.82, 2.24) is 14.3 Å². The van der Waals surface area contributed by atoms with Crippen LogP contribution in [0.2, 0.25) is 0 Å². The van der Waals surface area contributed by atoms with Crippen LogP contribution in [0.25, 0.3) is 0 Å². The Hall–Kier alpha value is -2.49. The molecule has 0 atom stereocenters. The third kappa shape index (κ3) is 5.31. The van der Waals surface area contributed by atoms with Gasteiger partial charge < -0.3 is 9.64 Å². The van der Waals surface area contributed by atoms with Gasteiger partial charge in [-0.2, -0.15) is 4.37 Å². The summed E-state index contributed by atoms with van der Waals surface area (Å²) in [6.07, 6.45) is 0.557. The summed E-state index contributed by atoms with van der Waals surface area (Å²) in [5.74, 6) is 1.21. The first-order valence-electron chi connectivity index (χ1n) is 9.08. The average molecular weight is 433 g/mol. The lowest BCUT2D eigenvalue weighted by Crippen LogP contribution is -2.36. The molecular weight excluding hydrogens is 408 g/mol. The second-order valence-corrected chi connectivity index (χ2v) is 9.30. The topological polar surface area (TPSA) is 75.6 Å². The van der Waals surface area contributed by atoms with Crippen LogP contribution in [0.15, 0.2) is 59.5 Å². The van der Waals surface area contributed by atoms with Crippen molar-refractivity contribution >= 4 is 26.7 Å². The minimum atomic E-state index is -3.78. The molecule has 7 nitrogen and oxygen atoms in total. The van der Waals surface area contributed by atoms with E-state index < -0.39 is 10.0 Å². The zero-order chi connectivity index (χ0) is 20.9. The molecule has 0 aliphatic rings. The number of anilines is 1. The maximum Gasteiger partial charge on any atom is 0.266 e. The van der Waals surface area contributed by atoms with Gasteiger partial charge in [0.1, 0.15) is 11.6 Å². The van der Waals surface area contributed by atoms with Crippen molar-refractivity contribution in [3.05, 3.63) is 66.0 Å². The van der Waals surface area contributed by atoms with Gasteiger partial charge in [0.05, 0.1) is 12.0 Å². The molecule has 0 radical (unpaired) electrons. The van der Waals surface area contributed by atoms with Crippen molar-refractivity contribution in [2.45, 2.75) is 11.3 Å². The van der Waals surface area contributed by atoms with E-state index in [4.69, 9.17) is 4.74 Å². The Bertz CT molecular complexity index is 1020. The summed E-state index contributed by atoms with van der Waals surface area (Å²) in [6, 6.07) is 16.2. The third-order valence-corrected chi connectivity index (χ3v) is 6.97. The molecule has 2 aromatic carbocycles. The van der Waals surface area contributed by atoms with Gasteiger partial charge in [-0.15, -0.1) is 0 Å². The Labute approximate surface area is 175 Å². The molecule has 0 spiro atoms. The van der Waals surface area contributed by atoms with Crippen molar-refractivity contribution in [3.8, 4) is 5.75 Å². The summed E-state index contributed by atoms with van der Waals surface area (Å²) in [5.41, 5.74) is 1.08. The van der Waals surface area contributed by atoms with Crippen molar-refractivity contribution in [1.29, 1.82) is 0 Å². The van der Waals surface area contributed by atoms with Crippen LogP contribution in [0.3, 0.4) is 0 Å². The van der Waals surface area contributed by atoms with E-state index in [1.165, 1.54) is 4.31 Å². The summed E-state index contributed by atoms with van der Waals surface area (Å²) in [6.45, 7) is 0.838. The van der Waals surface area contributed by atoms with Gasteiger partial charge in [0.25, 0.3) is 10.0 Å². The molecule has 1 heterocycles. The molecule has 0 fully saturated rings. The number of methoxy groups -OCH3 is 1. The molecule has 154 valence electrons. The molecule has 0 bridgehead atoms. The fourth-order valence-corrected chi connectivity index (χ4v) is 5.00. The van der Waals surface area contributed by atoms with E-state index in [-0.39, 0.29) is 11.4 Å². The summed E-state index contributed by atoms with van der Waals surface area (Å²) in [7, 11) is 1.57. The Morgan fingerprint density at radius 1 is 1.00 bits per heavy atom. The number of sulfonamides is 1. The molecule has 3 aromatic rings. The minimum absolute atomic E-state index is 0.192. The molecule has 29 heavy (non-hydrogen) atoms. The fraction of sp³-hybridized carbons (Fsp3) is 0.300. The van der Waals surface area contributed by atoms with Gasteiger partial charge in [0.15, 0.2) is 0 Å². The number of rotatable bonds is 9. The quantitative estimate of drug-likeness (QED) is 0.518. The van der Waals surface area contributed by atoms with Crippen LogP contribution in [0, 0.1) is 0 Å². The molecule has 9 heteroatoms. The predicted molar refractivity (Wildman–Crippen MR) is 115 cm³/mol. The number of hydrogen-bond acceptors (Lipinski definition) is 7. The van der Waals surface area contributed by atoms with Gasteiger partial charge in [0, 0.05) is 31.0 Å². The van der Waals surface area contributed by atoms with Crippen LogP contribution < -0.4 is 9.04 Å². The van der Waals surface area contributed by atoms with E-state index in [9.17, 15) is 8.42 Å². The summed E-state index contributed by atoms with van der Waals surface area (Å²) < 4.78 is 37.5. The molecule has 0 N–H and O–H groups in total. The smallest absolute Gasteiger partial charge is 0.266 e. The second kappa shape index (κ2) is 9.34. The Morgan fingerprint density at radius 3 is 2.31 bits per heavy atom. The first-order chi connectivity index (χ1) is 13.9. The molecular formula is C20H24N4O3S2. The van der Waals surface area contributed by atoms with Crippen LogP contribution in [-0.4, -0.2) is 57.0 Å². The van der Waals surface area contributed by atoms with Crippen molar-refractivity contribution in [2.24, 2.45) is 0 Å². The number of aromatic nitrogens is 2. The highest BCUT2D eigenvalue weighted by Gasteiger charge is 2.28. The zero-order valence-corrected chi connectivity index (χ0v) is 18.3. The van der Waals surface area contributed by atoms with Gasteiger partial charge in [-0.25, -0.2) is 17.7 Å². The molecule has 0 amide bonds. The van der Waals surface area contributed by atoms with Crippen molar-refractivity contribution in [2.75, 3.05) is 38.6 Å². The van der Waals surface area contributed by atoms with E-state index >= 15 is 0 Å². The van der Waals surface area contributed by atoms with E-state index in [1.54, 1.807) is 31.4 Å². The molecule has 0 aliphatic heterocycles. The lowest BCUT2D eigenvalue weighted by atomic mass is 10.1. The van der Waals surface area contributed by atoms with Crippen LogP contribution in [-0.2, 0) is 16.4 Å². The molecule has 3 rings (SSSR count). The van der Waals surface area contributed by atoms with Gasteiger partial charge in [0.2, 0.25) is 5.13 Å². The number of ether oxygens (including phenoxy) is 1. The number of likely N-dealkylation sites (N-methyl/N-ethyl adjacent to an activating group) is 1. The van der Waals surface area contributed by atoms with Crippen LogP contribution in [0.1, 0.15) is 11.4 Å². The molecule has 0 saturated carbocycles. The van der Waals surface area contributed by atoms with Crippen molar-refractivity contribution < 1.29 is 13.2 Å². The average Bonchev–Trinajstić information content (AvgIpc) is 3.16. The summed E-state index contributed by atoms with van der Waals surface area (Å²) in [5, 5.41) is 0.369. The van der Waals surface area contributed by atoms with Gasteiger partial charge in [-0.05, 0) is 43.9 Å². The van der Waals surface area contributed by atoms with E-state index in [0.717, 1.165) is 17.1 Å². The van der Waals surface area contributed by atoms with Crippen LogP contribution in [0.5, 0.6) is 5.75 Å². The Balaban J connectivity index is 1.90. The highest BCUT2D eigenvalue weighted by Crippen LogP contribution is 2.27. The van der Waals surface area contributed by atoms with E-state index in [2.05, 4.69) is 9.36 Å². The number of benzene rings is 2. The lowest BCUT2D eigenvalue weighted by molar-refractivity contribution is 0.414. The maximum absolute atomic E-state index is 13.3. The van der Waals surface area contributed by atoms with Crippen LogP contribution >= 0.6 is 11.5 Å². The van der Waals surface area contributed by atoms with Gasteiger partial charge in [-0.1, -0.05) is 30.3 Å². The van der Waals surface area contributed by atoms with E-state index in [0.29, 0.717) is 29.7 Å². The number of hydrogen-bond donors (Lipinski definition) is 0. The summed E-state index contributed by atoms with van der Waals surface area (Å²) in [4.78, 5) is 6.64. The zero-order valence-electron chi connectivity index (χ0n) is 16.6. The Kier molecular flexibility index (Phi) is 6.83. The SMILES string of the molecule is COc1ccc(S(=O)(=O)N(CCN(C)C)c2nc(Cc3ccccc3)ns2)cc1. The van der Waals surface area contributed by atoms with E-state index in [1.807, 2.05) is 49.3 Å². The first kappa shape index (κ1) is 21.2. The minimum Gasteiger partial charge on any atom is -0.497 e. The highest BCUT2D eigenvalue weighted by atomic mass is 32.2. The first-order valence-corrected chi connectivity index (χ1v) is 11.3. The Morgan fingerprint density at radius 2 is 1.69 bits per heavy atom. The van der Waals surface area contributed by atoms with Crippen molar-refractivity contribution in [3.63, 3.8) is 0 Å². The number of nitrogens with zero attached hydrogens (tertiary/aromatic N) is 4. The fourth-order valence-electron chi connectivity index (χ4n) is 2.68. The summed E-state index contributed by atoms with van der Waals surface area (Å²) >= 11 is 1.10. The van der Waals surface area contributed by atoms with Crippen LogP contribution in [0.4, 0.5) is 5.13 Å². The molecule has 0 unspecified atom stereocenters. The highest BCUT2D eigenvalue weighted by molar-refractivity contribution is 7.93. The second-order valence-electron chi connectivity index (χ2n) is 6.71. The molecule has 1 aromatic heterocycles. The lowest BCUT2D eigenvalue weighted by Gasteiger charge is -2.23. The largest absolute Gasteiger partial charge is 0.497 e.